The molecule has 0 radical (unpaired) electrons. The molecule has 7 nitrogen and oxygen atoms in total. The number of nitrogens with zero attached hydrogens (tertiary/aromatic N) is 3. The summed E-state index contributed by atoms with van der Waals surface area (Å²) in [7, 11) is 0. The Balaban J connectivity index is 1.49. The van der Waals surface area contributed by atoms with E-state index in [-0.39, 0.29) is 11.8 Å². The fourth-order valence-corrected chi connectivity index (χ4v) is 2.38. The van der Waals surface area contributed by atoms with Crippen molar-refractivity contribution in [2.75, 3.05) is 11.9 Å². The molecule has 0 saturated heterocycles. The maximum Gasteiger partial charge on any atom is 0.319 e. The highest BCUT2D eigenvalue weighted by Crippen LogP contribution is 2.35. The summed E-state index contributed by atoms with van der Waals surface area (Å²) in [4.78, 5) is 23.2. The van der Waals surface area contributed by atoms with Crippen LogP contribution >= 0.6 is 0 Å². The molecule has 1 saturated carbocycles. The molecule has 1 heterocycles. The smallest absolute Gasteiger partial charge is 0.319 e. The molecule has 1 aromatic heterocycles. The van der Waals surface area contributed by atoms with Gasteiger partial charge in [0.15, 0.2) is 5.78 Å². The quantitative estimate of drug-likeness (QED) is 0.800. The van der Waals surface area contributed by atoms with Crippen LogP contribution in [0.25, 0.3) is 0 Å². The molecule has 0 aliphatic heterocycles. The van der Waals surface area contributed by atoms with E-state index in [1.807, 2.05) is 0 Å². The molecule has 3 rings (SSSR count). The molecule has 0 unspecified atom stereocenters. The van der Waals surface area contributed by atoms with E-state index in [0.717, 1.165) is 5.82 Å². The fraction of sp³-hybridized carbons (Fsp3) is 0.375. The van der Waals surface area contributed by atoms with Crippen molar-refractivity contribution < 1.29 is 9.59 Å². The molecule has 7 heteroatoms. The molecule has 2 amide bonds. The van der Waals surface area contributed by atoms with Gasteiger partial charge in [0.2, 0.25) is 0 Å². The monoisotopic (exact) mass is 313 g/mol. The number of carbonyl (C=O) groups is 2. The van der Waals surface area contributed by atoms with E-state index < -0.39 is 0 Å². The molecule has 0 atom stereocenters. The first kappa shape index (κ1) is 15.2. The molecule has 23 heavy (non-hydrogen) atoms. The molecule has 0 spiro atoms. The van der Waals surface area contributed by atoms with Crippen LogP contribution in [0.15, 0.2) is 30.6 Å². The zero-order valence-electron chi connectivity index (χ0n) is 13.0. The molecule has 1 aromatic carbocycles. The molecular weight excluding hydrogens is 294 g/mol. The van der Waals surface area contributed by atoms with E-state index in [9.17, 15) is 9.59 Å². The van der Waals surface area contributed by atoms with Gasteiger partial charge in [-0.25, -0.2) is 4.79 Å². The Bertz CT molecular complexity index is 721. The standard InChI is InChI=1S/C16H19N5O2/c1-11(22)12-3-2-4-13(9-12)19-16(23)17-8-7-15-20-18-10-21(15)14-5-6-14/h2-4,9-10,14H,5-8H2,1H3,(H2,17,19,23). The molecule has 120 valence electrons. The second-order valence-corrected chi connectivity index (χ2v) is 5.65. The van der Waals surface area contributed by atoms with Crippen molar-refractivity contribution in [3.63, 3.8) is 0 Å². The van der Waals surface area contributed by atoms with Crippen molar-refractivity contribution in [1.82, 2.24) is 20.1 Å². The SMILES string of the molecule is CC(=O)c1cccc(NC(=O)NCCc2nncn2C2CC2)c1. The number of amides is 2. The van der Waals surface area contributed by atoms with Crippen molar-refractivity contribution in [2.24, 2.45) is 0 Å². The van der Waals surface area contributed by atoms with Crippen LogP contribution in [0.4, 0.5) is 10.5 Å². The summed E-state index contributed by atoms with van der Waals surface area (Å²) in [6.07, 6.45) is 4.73. The summed E-state index contributed by atoms with van der Waals surface area (Å²) in [5, 5.41) is 13.5. The molecular formula is C16H19N5O2. The molecule has 2 aromatic rings. The number of urea groups is 1. The normalized spacial score (nSPS) is 13.6. The largest absolute Gasteiger partial charge is 0.337 e. The maximum absolute atomic E-state index is 11.9. The second-order valence-electron chi connectivity index (χ2n) is 5.65. The number of hydrogen-bond donors (Lipinski definition) is 2. The number of nitrogens with one attached hydrogen (secondary N) is 2. The van der Waals surface area contributed by atoms with Gasteiger partial charge >= 0.3 is 6.03 Å². The lowest BCUT2D eigenvalue weighted by Gasteiger charge is -2.09. The third-order valence-corrected chi connectivity index (χ3v) is 3.75. The summed E-state index contributed by atoms with van der Waals surface area (Å²) >= 11 is 0. The van der Waals surface area contributed by atoms with Crippen molar-refractivity contribution in [3.8, 4) is 0 Å². The summed E-state index contributed by atoms with van der Waals surface area (Å²) in [6.45, 7) is 1.97. The van der Waals surface area contributed by atoms with Crippen LogP contribution < -0.4 is 10.6 Å². The lowest BCUT2D eigenvalue weighted by molar-refractivity contribution is 0.101. The van der Waals surface area contributed by atoms with Crippen LogP contribution in [0.5, 0.6) is 0 Å². The first-order valence-corrected chi connectivity index (χ1v) is 7.68. The third-order valence-electron chi connectivity index (χ3n) is 3.75. The van der Waals surface area contributed by atoms with E-state index in [0.29, 0.717) is 30.3 Å². The molecule has 1 aliphatic carbocycles. The van der Waals surface area contributed by atoms with Gasteiger partial charge in [0.25, 0.3) is 0 Å². The van der Waals surface area contributed by atoms with Crippen molar-refractivity contribution in [1.29, 1.82) is 0 Å². The van der Waals surface area contributed by atoms with Crippen LogP contribution in [-0.2, 0) is 6.42 Å². The molecule has 0 bridgehead atoms. The average Bonchev–Trinajstić information content (AvgIpc) is 3.27. The van der Waals surface area contributed by atoms with Gasteiger partial charge < -0.3 is 15.2 Å². The molecule has 1 fully saturated rings. The number of benzene rings is 1. The third kappa shape index (κ3) is 3.94. The average molecular weight is 313 g/mol. The highest BCUT2D eigenvalue weighted by atomic mass is 16.2. The lowest BCUT2D eigenvalue weighted by Crippen LogP contribution is -2.31. The zero-order valence-corrected chi connectivity index (χ0v) is 13.0. The number of Topliss-reactive ketones (excluding diaryl/α,β-unsaturated/α-hetero) is 1. The van der Waals surface area contributed by atoms with E-state index in [4.69, 9.17) is 0 Å². The Morgan fingerprint density at radius 1 is 1.35 bits per heavy atom. The first-order chi connectivity index (χ1) is 11.1. The predicted octanol–water partition coefficient (Wildman–Crippen LogP) is 2.18. The number of ketones is 1. The Morgan fingerprint density at radius 2 is 2.17 bits per heavy atom. The van der Waals surface area contributed by atoms with Crippen molar-refractivity contribution in [2.45, 2.75) is 32.2 Å². The highest BCUT2D eigenvalue weighted by molar-refractivity contribution is 5.96. The van der Waals surface area contributed by atoms with Crippen molar-refractivity contribution in [3.05, 3.63) is 42.0 Å². The van der Waals surface area contributed by atoms with Gasteiger partial charge in [0.1, 0.15) is 12.2 Å². The van der Waals surface area contributed by atoms with Crippen LogP contribution in [-0.4, -0.2) is 33.1 Å². The molecule has 2 N–H and O–H groups in total. The molecule has 1 aliphatic rings. The van der Waals surface area contributed by atoms with Gasteiger partial charge in [-0.1, -0.05) is 12.1 Å². The number of carbonyl (C=O) groups excluding carboxylic acids is 2. The Kier molecular flexibility index (Phi) is 4.36. The van der Waals surface area contributed by atoms with Crippen LogP contribution in [0.2, 0.25) is 0 Å². The minimum atomic E-state index is -0.303. The minimum Gasteiger partial charge on any atom is -0.337 e. The van der Waals surface area contributed by atoms with Gasteiger partial charge in [-0.15, -0.1) is 10.2 Å². The Hall–Kier alpha value is -2.70. The topological polar surface area (TPSA) is 88.9 Å². The summed E-state index contributed by atoms with van der Waals surface area (Å²) in [5.74, 6) is 0.861. The van der Waals surface area contributed by atoms with Gasteiger partial charge in [0, 0.05) is 30.3 Å². The first-order valence-electron chi connectivity index (χ1n) is 7.68. The van der Waals surface area contributed by atoms with Gasteiger partial charge in [-0.2, -0.15) is 0 Å². The summed E-state index contributed by atoms with van der Waals surface area (Å²) < 4.78 is 2.08. The maximum atomic E-state index is 11.9. The van der Waals surface area contributed by atoms with Gasteiger partial charge in [-0.3, -0.25) is 4.79 Å². The Labute approximate surface area is 134 Å². The highest BCUT2D eigenvalue weighted by Gasteiger charge is 2.25. The van der Waals surface area contributed by atoms with E-state index >= 15 is 0 Å². The van der Waals surface area contributed by atoms with Crippen LogP contribution in [0.1, 0.15) is 42.0 Å². The van der Waals surface area contributed by atoms with E-state index in [1.54, 1.807) is 30.6 Å². The van der Waals surface area contributed by atoms with Crippen LogP contribution in [0.3, 0.4) is 0 Å². The second kappa shape index (κ2) is 6.60. The minimum absolute atomic E-state index is 0.0338. The fourth-order valence-electron chi connectivity index (χ4n) is 2.38. The summed E-state index contributed by atoms with van der Waals surface area (Å²) in [6, 6.07) is 7.09. The zero-order chi connectivity index (χ0) is 16.2. The number of anilines is 1. The van der Waals surface area contributed by atoms with Gasteiger partial charge in [0.05, 0.1) is 0 Å². The summed E-state index contributed by atoms with van der Waals surface area (Å²) in [5.41, 5.74) is 1.16. The van der Waals surface area contributed by atoms with Crippen molar-refractivity contribution >= 4 is 17.5 Å². The predicted molar refractivity (Wildman–Crippen MR) is 85.5 cm³/mol. The van der Waals surface area contributed by atoms with E-state index in [2.05, 4.69) is 25.4 Å². The number of rotatable bonds is 6. The van der Waals surface area contributed by atoms with E-state index in [1.165, 1.54) is 19.8 Å². The Morgan fingerprint density at radius 3 is 2.91 bits per heavy atom. The van der Waals surface area contributed by atoms with Gasteiger partial charge in [-0.05, 0) is 31.9 Å². The number of aromatic nitrogens is 3. The number of hydrogen-bond acceptors (Lipinski definition) is 4. The van der Waals surface area contributed by atoms with Crippen LogP contribution in [0, 0.1) is 0 Å². The lowest BCUT2D eigenvalue weighted by atomic mass is 10.1.